The predicted octanol–water partition coefficient (Wildman–Crippen LogP) is 15.4. The summed E-state index contributed by atoms with van der Waals surface area (Å²) >= 11 is 0. The molecule has 0 bridgehead atoms. The second kappa shape index (κ2) is 13.2. The zero-order chi connectivity index (χ0) is 38.2. The first-order valence-corrected chi connectivity index (χ1v) is 21.1. The van der Waals surface area contributed by atoms with Crippen LogP contribution in [0.25, 0.3) is 82.6 Å². The normalized spacial score (nSPS) is 16.4. The Morgan fingerprint density at radius 3 is 1.98 bits per heavy atom. The quantitative estimate of drug-likeness (QED) is 0.155. The lowest BCUT2D eigenvalue weighted by atomic mass is 9.76. The van der Waals surface area contributed by atoms with Crippen molar-refractivity contribution >= 4 is 32.3 Å². The van der Waals surface area contributed by atoms with E-state index >= 15 is 0 Å². The minimum absolute atomic E-state index is 0.0936. The Balaban J connectivity index is 1.17. The molecule has 8 aromatic carbocycles. The van der Waals surface area contributed by atoms with Gasteiger partial charge in [0, 0.05) is 22.7 Å². The molecule has 1 fully saturated rings. The fraction of sp³-hybridized carbons (Fsp3) is 0.123. The summed E-state index contributed by atoms with van der Waals surface area (Å²) in [5.41, 5.74) is 16.1. The molecular formula is C57H43N. The number of rotatable bonds is 5. The van der Waals surface area contributed by atoms with E-state index in [2.05, 4.69) is 199 Å². The average Bonchev–Trinajstić information content (AvgIpc) is 4.04. The Hall–Kier alpha value is -6.70. The van der Waals surface area contributed by atoms with Gasteiger partial charge in [-0.3, -0.25) is 0 Å². The molecule has 58 heavy (non-hydrogen) atoms. The first-order chi connectivity index (χ1) is 28.7. The Kier molecular flexibility index (Phi) is 7.60. The van der Waals surface area contributed by atoms with Crippen LogP contribution in [0.4, 0.5) is 0 Å². The maximum atomic E-state index is 2.60. The molecule has 3 aliphatic rings. The number of aromatic nitrogens is 1. The summed E-state index contributed by atoms with van der Waals surface area (Å²) in [5, 5.41) is 7.67. The van der Waals surface area contributed by atoms with Crippen LogP contribution in [0.1, 0.15) is 54.8 Å². The molecule has 276 valence electrons. The van der Waals surface area contributed by atoms with E-state index in [-0.39, 0.29) is 5.41 Å². The summed E-state index contributed by atoms with van der Waals surface area (Å²) in [6, 6.07) is 64.5. The molecule has 3 aliphatic carbocycles. The van der Waals surface area contributed by atoms with Crippen LogP contribution in [0.2, 0.25) is 0 Å². The number of allylic oxidation sites excluding steroid dienone is 4. The van der Waals surface area contributed by atoms with Crippen LogP contribution in [0, 0.1) is 0 Å². The number of nitrogens with zero attached hydrogens (tertiary/aromatic N) is 1. The van der Waals surface area contributed by atoms with Gasteiger partial charge in [0.15, 0.2) is 0 Å². The number of benzene rings is 8. The van der Waals surface area contributed by atoms with Crippen LogP contribution in [-0.2, 0) is 5.41 Å². The molecule has 1 heterocycles. The summed E-state index contributed by atoms with van der Waals surface area (Å²) in [6.07, 6.45) is 15.0. The van der Waals surface area contributed by atoms with Crippen LogP contribution >= 0.6 is 0 Å². The van der Waals surface area contributed by atoms with Crippen molar-refractivity contribution in [1.82, 2.24) is 4.57 Å². The van der Waals surface area contributed by atoms with Gasteiger partial charge in [0.2, 0.25) is 0 Å². The van der Waals surface area contributed by atoms with Gasteiger partial charge in [0.1, 0.15) is 0 Å². The topological polar surface area (TPSA) is 4.93 Å². The van der Waals surface area contributed by atoms with Crippen LogP contribution in [0.5, 0.6) is 0 Å². The molecule has 1 heteroatoms. The summed E-state index contributed by atoms with van der Waals surface area (Å²) in [5.74, 6) is 0.295. The molecule has 1 atom stereocenters. The SMILES string of the molecule is C1=CCC(c2ccc(-c3ccccc3)n2-c2ccc3c(-c4ccc5ccccc5c4)c4ccccc4c(-c4ccc5c(c4)C4(CCCC4)c4ccccc4-5)c3c2)C=C1. The first-order valence-electron chi connectivity index (χ1n) is 21.1. The Morgan fingerprint density at radius 1 is 0.466 bits per heavy atom. The molecule has 9 aromatic rings. The van der Waals surface area contributed by atoms with Gasteiger partial charge in [-0.25, -0.2) is 0 Å². The first kappa shape index (κ1) is 33.4. The van der Waals surface area contributed by atoms with Crippen LogP contribution < -0.4 is 0 Å². The van der Waals surface area contributed by atoms with Gasteiger partial charge in [-0.05, 0) is 138 Å². The zero-order valence-electron chi connectivity index (χ0n) is 32.5. The van der Waals surface area contributed by atoms with E-state index in [1.807, 2.05) is 0 Å². The molecule has 0 aliphatic heterocycles. The Morgan fingerprint density at radius 2 is 1.16 bits per heavy atom. The summed E-state index contributed by atoms with van der Waals surface area (Å²) in [4.78, 5) is 0. The van der Waals surface area contributed by atoms with Crippen molar-refractivity contribution in [2.24, 2.45) is 0 Å². The molecule has 0 N–H and O–H groups in total. The molecule has 12 rings (SSSR count). The third-order valence-electron chi connectivity index (χ3n) is 13.7. The van der Waals surface area contributed by atoms with Gasteiger partial charge in [-0.1, -0.05) is 171 Å². The van der Waals surface area contributed by atoms with Gasteiger partial charge in [0.05, 0.1) is 5.69 Å². The molecule has 1 nitrogen and oxygen atoms in total. The van der Waals surface area contributed by atoms with Crippen molar-refractivity contribution in [2.75, 3.05) is 0 Å². The molecule has 0 radical (unpaired) electrons. The lowest BCUT2D eigenvalue weighted by Crippen LogP contribution is -2.20. The molecule has 0 saturated heterocycles. The van der Waals surface area contributed by atoms with Gasteiger partial charge in [-0.2, -0.15) is 0 Å². The standard InChI is InChI=1S/C57H43N/c1-3-16-39(17-4-1)53-31-32-54(40-18-5-2-6-19-40)58(53)44-28-30-49-50(37-44)56(43-27-29-46-45-21-11-12-24-51(45)57(52(46)36-43)33-13-14-34-57)48-23-10-9-22-47(48)55(49)42-26-25-38-15-7-8-20-41(38)35-42/h1-12,15-18,20-32,35-37,40H,13-14,19,33-34H2. The van der Waals surface area contributed by atoms with Gasteiger partial charge in [0.25, 0.3) is 0 Å². The van der Waals surface area contributed by atoms with Crippen molar-refractivity contribution in [2.45, 2.75) is 43.4 Å². The highest BCUT2D eigenvalue weighted by Crippen LogP contribution is 2.58. The lowest BCUT2D eigenvalue weighted by molar-refractivity contribution is 0.550. The van der Waals surface area contributed by atoms with E-state index in [4.69, 9.17) is 0 Å². The predicted molar refractivity (Wildman–Crippen MR) is 245 cm³/mol. The fourth-order valence-corrected chi connectivity index (χ4v) is 11.1. The maximum Gasteiger partial charge on any atom is 0.0531 e. The van der Waals surface area contributed by atoms with Crippen molar-refractivity contribution in [3.05, 3.63) is 211 Å². The molecule has 1 aromatic heterocycles. The monoisotopic (exact) mass is 741 g/mol. The fourth-order valence-electron chi connectivity index (χ4n) is 11.1. The molecule has 1 spiro atoms. The highest BCUT2D eigenvalue weighted by molar-refractivity contribution is 6.22. The minimum Gasteiger partial charge on any atom is -0.313 e. The van der Waals surface area contributed by atoms with Crippen molar-refractivity contribution < 1.29 is 0 Å². The Bertz CT molecular complexity index is 3150. The highest BCUT2D eigenvalue weighted by Gasteiger charge is 2.45. The lowest BCUT2D eigenvalue weighted by Gasteiger charge is -2.27. The molecular weight excluding hydrogens is 699 g/mol. The van der Waals surface area contributed by atoms with Gasteiger partial charge in [-0.15, -0.1) is 0 Å². The largest absolute Gasteiger partial charge is 0.313 e. The summed E-state index contributed by atoms with van der Waals surface area (Å²) in [6.45, 7) is 0. The van der Waals surface area contributed by atoms with E-state index in [1.54, 1.807) is 0 Å². The van der Waals surface area contributed by atoms with Gasteiger partial charge < -0.3 is 4.57 Å². The van der Waals surface area contributed by atoms with Crippen molar-refractivity contribution in [3.8, 4) is 50.3 Å². The third-order valence-corrected chi connectivity index (χ3v) is 13.7. The second-order valence-electron chi connectivity index (χ2n) is 16.7. The number of fused-ring (bicyclic) bond motifs is 8. The van der Waals surface area contributed by atoms with Crippen LogP contribution in [0.15, 0.2) is 194 Å². The summed E-state index contributed by atoms with van der Waals surface area (Å²) < 4.78 is 2.53. The molecule has 0 amide bonds. The van der Waals surface area contributed by atoms with Gasteiger partial charge >= 0.3 is 0 Å². The van der Waals surface area contributed by atoms with E-state index in [0.29, 0.717) is 5.92 Å². The van der Waals surface area contributed by atoms with Crippen molar-refractivity contribution in [1.29, 1.82) is 0 Å². The maximum absolute atomic E-state index is 2.60. The van der Waals surface area contributed by atoms with E-state index in [9.17, 15) is 0 Å². The van der Waals surface area contributed by atoms with E-state index in [1.165, 1.54) is 125 Å². The molecule has 1 saturated carbocycles. The van der Waals surface area contributed by atoms with Crippen molar-refractivity contribution in [3.63, 3.8) is 0 Å². The summed E-state index contributed by atoms with van der Waals surface area (Å²) in [7, 11) is 0. The van der Waals surface area contributed by atoms with Crippen LogP contribution in [0.3, 0.4) is 0 Å². The number of hydrogen-bond donors (Lipinski definition) is 0. The van der Waals surface area contributed by atoms with E-state index < -0.39 is 0 Å². The smallest absolute Gasteiger partial charge is 0.0531 e. The minimum atomic E-state index is 0.0936. The second-order valence-corrected chi connectivity index (χ2v) is 16.7. The highest BCUT2D eigenvalue weighted by atomic mass is 15.0. The average molecular weight is 742 g/mol. The zero-order valence-corrected chi connectivity index (χ0v) is 32.5. The number of hydrogen-bond acceptors (Lipinski definition) is 0. The Labute approximate surface area is 340 Å². The van der Waals surface area contributed by atoms with E-state index in [0.717, 1.165) is 6.42 Å². The molecule has 1 unspecified atom stereocenters. The van der Waals surface area contributed by atoms with Crippen LogP contribution in [-0.4, -0.2) is 4.57 Å². The third kappa shape index (κ3) is 5.02.